The maximum absolute atomic E-state index is 11.9. The van der Waals surface area contributed by atoms with E-state index in [1.807, 2.05) is 18.2 Å². The number of nitrogens with zero attached hydrogens (tertiary/aromatic N) is 2. The first-order valence-corrected chi connectivity index (χ1v) is 7.79. The maximum atomic E-state index is 11.9. The summed E-state index contributed by atoms with van der Waals surface area (Å²) in [6, 6.07) is 6.08. The Bertz CT molecular complexity index is 642. The number of hydrogen-bond donors (Lipinski definition) is 0. The summed E-state index contributed by atoms with van der Waals surface area (Å²) in [5.74, 6) is 0. The van der Waals surface area contributed by atoms with Crippen molar-refractivity contribution in [1.29, 1.82) is 0 Å². The van der Waals surface area contributed by atoms with Crippen LogP contribution in [0, 0.1) is 0 Å². The zero-order valence-electron chi connectivity index (χ0n) is 12.5. The summed E-state index contributed by atoms with van der Waals surface area (Å²) < 4.78 is 3.35. The number of imidazole rings is 1. The summed E-state index contributed by atoms with van der Waals surface area (Å²) >= 11 is 6.49. The highest BCUT2D eigenvalue weighted by Crippen LogP contribution is 2.28. The first-order valence-electron chi connectivity index (χ1n) is 7.35. The van der Waals surface area contributed by atoms with Crippen LogP contribution in [0.5, 0.6) is 0 Å². The second-order valence-electron chi connectivity index (χ2n) is 5.47. The number of rotatable bonds is 6. The lowest BCUT2D eigenvalue weighted by Crippen LogP contribution is -2.19. The van der Waals surface area contributed by atoms with Crippen molar-refractivity contribution >= 4 is 22.6 Å². The summed E-state index contributed by atoms with van der Waals surface area (Å²) in [7, 11) is 3.60. The number of fused-ring (bicyclic) bond motifs is 1. The molecule has 0 fully saturated rings. The van der Waals surface area contributed by atoms with E-state index in [9.17, 15) is 4.79 Å². The van der Waals surface area contributed by atoms with E-state index in [0.717, 1.165) is 29.4 Å². The number of benzene rings is 1. The van der Waals surface area contributed by atoms with Gasteiger partial charge >= 0.3 is 5.69 Å². The Kier molecular flexibility index (Phi) is 4.92. The third kappa shape index (κ3) is 2.93. The summed E-state index contributed by atoms with van der Waals surface area (Å²) in [6.45, 7) is 2.21. The molecule has 0 radical (unpaired) electrons. The molecule has 1 unspecified atom stereocenters. The summed E-state index contributed by atoms with van der Waals surface area (Å²) in [5.41, 5.74) is 3.02. The van der Waals surface area contributed by atoms with E-state index in [4.69, 9.17) is 11.6 Å². The third-order valence-electron chi connectivity index (χ3n) is 3.97. The van der Waals surface area contributed by atoms with Crippen molar-refractivity contribution in [3.05, 3.63) is 34.2 Å². The van der Waals surface area contributed by atoms with Gasteiger partial charge in [0.2, 0.25) is 0 Å². The van der Waals surface area contributed by atoms with Crippen molar-refractivity contribution in [2.75, 3.05) is 0 Å². The van der Waals surface area contributed by atoms with Crippen molar-refractivity contribution in [2.24, 2.45) is 14.1 Å². The zero-order chi connectivity index (χ0) is 14.7. The van der Waals surface area contributed by atoms with Gasteiger partial charge in [0, 0.05) is 14.1 Å². The van der Waals surface area contributed by atoms with Crippen LogP contribution in [0.4, 0.5) is 0 Å². The van der Waals surface area contributed by atoms with E-state index in [2.05, 4.69) is 6.92 Å². The van der Waals surface area contributed by atoms with Gasteiger partial charge in [-0.05, 0) is 24.1 Å². The molecular formula is C16H23ClN2O. The SMILES string of the molecule is CCCCCCC(Cl)c1ccc2c(c1)n(C)c(=O)n2C. The summed E-state index contributed by atoms with van der Waals surface area (Å²) in [4.78, 5) is 11.9. The molecule has 20 heavy (non-hydrogen) atoms. The predicted octanol–water partition coefficient (Wildman–Crippen LogP) is 4.13. The normalized spacial score (nSPS) is 13.0. The van der Waals surface area contributed by atoms with Crippen LogP contribution in [0.15, 0.2) is 23.0 Å². The second kappa shape index (κ2) is 6.49. The average Bonchev–Trinajstić information content (AvgIpc) is 2.68. The fourth-order valence-electron chi connectivity index (χ4n) is 2.64. The minimum atomic E-state index is 0.00576. The smallest absolute Gasteiger partial charge is 0.295 e. The fourth-order valence-corrected chi connectivity index (χ4v) is 2.93. The fraction of sp³-hybridized carbons (Fsp3) is 0.562. The Hall–Kier alpha value is -1.22. The molecule has 0 amide bonds. The molecule has 0 aliphatic carbocycles. The average molecular weight is 295 g/mol. The summed E-state index contributed by atoms with van der Waals surface area (Å²) in [6.07, 6.45) is 5.91. The first kappa shape index (κ1) is 15.2. The van der Waals surface area contributed by atoms with Crippen LogP contribution in [-0.2, 0) is 14.1 Å². The van der Waals surface area contributed by atoms with Crippen LogP contribution < -0.4 is 5.69 Å². The van der Waals surface area contributed by atoms with Gasteiger partial charge in [-0.15, -0.1) is 11.6 Å². The number of hydrogen-bond acceptors (Lipinski definition) is 1. The van der Waals surface area contributed by atoms with Crippen LogP contribution in [0.3, 0.4) is 0 Å². The molecule has 0 saturated heterocycles. The van der Waals surface area contributed by atoms with Gasteiger partial charge in [0.15, 0.2) is 0 Å². The van der Waals surface area contributed by atoms with Gasteiger partial charge in [-0.1, -0.05) is 38.7 Å². The largest absolute Gasteiger partial charge is 0.328 e. The Morgan fingerprint density at radius 3 is 2.50 bits per heavy atom. The van der Waals surface area contributed by atoms with E-state index < -0.39 is 0 Å². The van der Waals surface area contributed by atoms with E-state index in [-0.39, 0.29) is 11.1 Å². The Morgan fingerprint density at radius 1 is 1.10 bits per heavy atom. The number of aryl methyl sites for hydroxylation is 2. The van der Waals surface area contributed by atoms with E-state index in [1.165, 1.54) is 19.3 Å². The highest BCUT2D eigenvalue weighted by Gasteiger charge is 2.12. The molecule has 1 heterocycles. The molecular weight excluding hydrogens is 272 g/mol. The number of halogens is 1. The van der Waals surface area contributed by atoms with E-state index >= 15 is 0 Å². The van der Waals surface area contributed by atoms with Gasteiger partial charge in [-0.25, -0.2) is 4.79 Å². The molecule has 1 aromatic carbocycles. The van der Waals surface area contributed by atoms with Crippen LogP contribution in [-0.4, -0.2) is 9.13 Å². The Labute approximate surface area is 125 Å². The quantitative estimate of drug-likeness (QED) is 0.581. The van der Waals surface area contributed by atoms with Gasteiger partial charge in [0.25, 0.3) is 0 Å². The molecule has 0 saturated carbocycles. The van der Waals surface area contributed by atoms with Gasteiger partial charge in [0.1, 0.15) is 0 Å². The molecule has 0 spiro atoms. The highest BCUT2D eigenvalue weighted by atomic mass is 35.5. The van der Waals surface area contributed by atoms with Crippen LogP contribution >= 0.6 is 11.6 Å². The first-order chi connectivity index (χ1) is 9.56. The second-order valence-corrected chi connectivity index (χ2v) is 5.99. The Morgan fingerprint density at radius 2 is 1.80 bits per heavy atom. The molecule has 0 bridgehead atoms. The number of aromatic nitrogens is 2. The van der Waals surface area contributed by atoms with E-state index in [0.29, 0.717) is 0 Å². The molecule has 0 aliphatic heterocycles. The zero-order valence-corrected chi connectivity index (χ0v) is 13.3. The molecule has 0 N–H and O–H groups in total. The third-order valence-corrected chi connectivity index (χ3v) is 4.44. The van der Waals surface area contributed by atoms with Gasteiger partial charge in [-0.3, -0.25) is 9.13 Å². The lowest BCUT2D eigenvalue weighted by Gasteiger charge is -2.10. The van der Waals surface area contributed by atoms with E-state index in [1.54, 1.807) is 23.2 Å². The number of unbranched alkanes of at least 4 members (excludes halogenated alkanes) is 3. The van der Waals surface area contributed by atoms with Gasteiger partial charge in [0.05, 0.1) is 16.4 Å². The number of alkyl halides is 1. The minimum absolute atomic E-state index is 0.00576. The van der Waals surface area contributed by atoms with Crippen molar-refractivity contribution in [3.63, 3.8) is 0 Å². The topological polar surface area (TPSA) is 26.9 Å². The van der Waals surface area contributed by atoms with Crippen molar-refractivity contribution in [3.8, 4) is 0 Å². The lowest BCUT2D eigenvalue weighted by atomic mass is 10.0. The molecule has 2 rings (SSSR count). The van der Waals surface area contributed by atoms with Crippen molar-refractivity contribution in [2.45, 2.75) is 44.4 Å². The van der Waals surface area contributed by atoms with Crippen molar-refractivity contribution < 1.29 is 0 Å². The molecule has 0 aliphatic rings. The molecule has 3 nitrogen and oxygen atoms in total. The van der Waals surface area contributed by atoms with Crippen LogP contribution in [0.1, 0.15) is 50.0 Å². The minimum Gasteiger partial charge on any atom is -0.295 e. The standard InChI is InChI=1S/C16H23ClN2O/c1-4-5-6-7-8-13(17)12-9-10-14-15(11-12)19(3)16(20)18(14)2/h9-11,13H,4-8H2,1-3H3. The highest BCUT2D eigenvalue weighted by molar-refractivity contribution is 6.20. The van der Waals surface area contributed by atoms with Gasteiger partial charge < -0.3 is 0 Å². The molecule has 4 heteroatoms. The maximum Gasteiger partial charge on any atom is 0.328 e. The molecule has 1 atom stereocenters. The van der Waals surface area contributed by atoms with Crippen LogP contribution in [0.2, 0.25) is 0 Å². The Balaban J connectivity index is 2.19. The molecule has 2 aromatic rings. The molecule has 110 valence electrons. The monoisotopic (exact) mass is 294 g/mol. The molecule has 1 aromatic heterocycles. The summed E-state index contributed by atoms with van der Waals surface area (Å²) in [5, 5.41) is 0.0339. The lowest BCUT2D eigenvalue weighted by molar-refractivity contribution is 0.624. The van der Waals surface area contributed by atoms with Gasteiger partial charge in [-0.2, -0.15) is 0 Å². The van der Waals surface area contributed by atoms with Crippen molar-refractivity contribution in [1.82, 2.24) is 9.13 Å². The predicted molar refractivity (Wildman–Crippen MR) is 85.5 cm³/mol. The van der Waals surface area contributed by atoms with Crippen LogP contribution in [0.25, 0.3) is 11.0 Å².